The van der Waals surface area contributed by atoms with Gasteiger partial charge in [0.05, 0.1) is 0 Å². The molecule has 116 valence electrons. The Labute approximate surface area is 128 Å². The van der Waals surface area contributed by atoms with E-state index >= 15 is 0 Å². The average molecular weight is 288 g/mol. The van der Waals surface area contributed by atoms with Crippen LogP contribution in [-0.4, -0.2) is 48.6 Å². The van der Waals surface area contributed by atoms with E-state index < -0.39 is 0 Å². The fourth-order valence-electron chi connectivity index (χ4n) is 3.18. The van der Waals surface area contributed by atoms with Crippen LogP contribution in [-0.2, 0) is 6.54 Å². The molecule has 4 heteroatoms. The van der Waals surface area contributed by atoms with E-state index in [1.165, 1.54) is 36.2 Å². The molecule has 1 aliphatic heterocycles. The molecule has 4 nitrogen and oxygen atoms in total. The molecular weight excluding hydrogens is 260 g/mol. The van der Waals surface area contributed by atoms with E-state index in [2.05, 4.69) is 48.3 Å². The van der Waals surface area contributed by atoms with E-state index in [1.807, 2.05) is 0 Å². The minimum absolute atomic E-state index is 0.649. The average Bonchev–Trinajstić information content (AvgIpc) is 3.30. The van der Waals surface area contributed by atoms with Crippen LogP contribution in [0, 0.1) is 6.92 Å². The molecule has 1 aromatic heterocycles. The number of rotatable bonds is 5. The molecule has 3 rings (SSSR count). The zero-order valence-corrected chi connectivity index (χ0v) is 13.6. The summed E-state index contributed by atoms with van der Waals surface area (Å²) >= 11 is 0. The van der Waals surface area contributed by atoms with Crippen LogP contribution in [0.5, 0.6) is 0 Å². The number of anilines is 1. The van der Waals surface area contributed by atoms with Crippen LogP contribution >= 0.6 is 0 Å². The Morgan fingerprint density at radius 1 is 1.33 bits per heavy atom. The smallest absolute Gasteiger partial charge is 0.131 e. The Balaban J connectivity index is 1.66. The molecule has 1 atom stereocenters. The molecule has 1 saturated carbocycles. The van der Waals surface area contributed by atoms with Gasteiger partial charge in [-0.25, -0.2) is 4.98 Å². The quantitative estimate of drug-likeness (QED) is 0.900. The summed E-state index contributed by atoms with van der Waals surface area (Å²) in [5.74, 6) is 1.18. The van der Waals surface area contributed by atoms with E-state index in [0.29, 0.717) is 6.04 Å². The molecule has 1 N–H and O–H groups in total. The number of piperazine rings is 1. The van der Waals surface area contributed by atoms with Gasteiger partial charge in [0.1, 0.15) is 5.82 Å². The molecule has 0 radical (unpaired) electrons. The molecule has 1 aromatic rings. The van der Waals surface area contributed by atoms with Gasteiger partial charge in [0.2, 0.25) is 0 Å². The minimum Gasteiger partial charge on any atom is -0.354 e. The second-order valence-electron chi connectivity index (χ2n) is 6.63. The number of hydrogen-bond donors (Lipinski definition) is 1. The van der Waals surface area contributed by atoms with Gasteiger partial charge in [0.15, 0.2) is 0 Å². The summed E-state index contributed by atoms with van der Waals surface area (Å²) in [5, 5.41) is 3.56. The number of hydrogen-bond acceptors (Lipinski definition) is 4. The highest BCUT2D eigenvalue weighted by Gasteiger charge is 2.25. The van der Waals surface area contributed by atoms with Crippen molar-refractivity contribution in [2.75, 3.05) is 31.6 Å². The van der Waals surface area contributed by atoms with E-state index in [1.54, 1.807) is 0 Å². The van der Waals surface area contributed by atoms with Gasteiger partial charge in [-0.1, -0.05) is 6.92 Å². The fourth-order valence-corrected chi connectivity index (χ4v) is 3.18. The Hall–Kier alpha value is -1.13. The normalized spacial score (nSPS) is 23.6. The lowest BCUT2D eigenvalue weighted by molar-refractivity contribution is 0.213. The van der Waals surface area contributed by atoms with E-state index in [-0.39, 0.29) is 0 Å². The zero-order valence-electron chi connectivity index (χ0n) is 13.6. The molecule has 0 amide bonds. The largest absolute Gasteiger partial charge is 0.354 e. The Bertz CT molecular complexity index is 484. The van der Waals surface area contributed by atoms with Crippen LogP contribution in [0.1, 0.15) is 37.3 Å². The highest BCUT2D eigenvalue weighted by molar-refractivity contribution is 5.48. The Kier molecular flexibility index (Phi) is 4.45. The SMILES string of the molecule is CCC1CN(c2ncc(CNC3CC3)cc2C)CCN1C. The molecule has 2 aliphatic rings. The Morgan fingerprint density at radius 3 is 2.81 bits per heavy atom. The van der Waals surface area contributed by atoms with E-state index in [9.17, 15) is 0 Å². The van der Waals surface area contributed by atoms with Crippen LogP contribution in [0.2, 0.25) is 0 Å². The molecule has 1 saturated heterocycles. The first-order valence-electron chi connectivity index (χ1n) is 8.31. The van der Waals surface area contributed by atoms with E-state index in [0.717, 1.165) is 32.2 Å². The van der Waals surface area contributed by atoms with Crippen molar-refractivity contribution in [1.82, 2.24) is 15.2 Å². The van der Waals surface area contributed by atoms with Gasteiger partial charge >= 0.3 is 0 Å². The van der Waals surface area contributed by atoms with Crippen molar-refractivity contribution >= 4 is 5.82 Å². The number of likely N-dealkylation sites (N-methyl/N-ethyl adjacent to an activating group) is 1. The third-order valence-corrected chi connectivity index (χ3v) is 4.83. The first-order valence-corrected chi connectivity index (χ1v) is 8.31. The molecular formula is C17H28N4. The van der Waals surface area contributed by atoms with Crippen molar-refractivity contribution in [3.8, 4) is 0 Å². The predicted octanol–water partition coefficient (Wildman–Crippen LogP) is 2.17. The van der Waals surface area contributed by atoms with Crippen molar-refractivity contribution in [1.29, 1.82) is 0 Å². The molecule has 1 aliphatic carbocycles. The summed E-state index contributed by atoms with van der Waals surface area (Å²) in [7, 11) is 2.23. The molecule has 0 aromatic carbocycles. The molecule has 0 spiro atoms. The monoisotopic (exact) mass is 288 g/mol. The van der Waals surface area contributed by atoms with Crippen LogP contribution in [0.3, 0.4) is 0 Å². The molecule has 2 heterocycles. The zero-order chi connectivity index (χ0) is 14.8. The van der Waals surface area contributed by atoms with Crippen molar-refractivity contribution in [3.63, 3.8) is 0 Å². The summed E-state index contributed by atoms with van der Waals surface area (Å²) in [5.41, 5.74) is 2.62. The summed E-state index contributed by atoms with van der Waals surface area (Å²) in [6, 6.07) is 3.71. The topological polar surface area (TPSA) is 31.4 Å². The van der Waals surface area contributed by atoms with E-state index in [4.69, 9.17) is 4.98 Å². The lowest BCUT2D eigenvalue weighted by atomic mass is 10.1. The maximum Gasteiger partial charge on any atom is 0.131 e. The maximum atomic E-state index is 4.76. The fraction of sp³-hybridized carbons (Fsp3) is 0.706. The third-order valence-electron chi connectivity index (χ3n) is 4.83. The van der Waals surface area contributed by atoms with Crippen molar-refractivity contribution < 1.29 is 0 Å². The van der Waals surface area contributed by atoms with Crippen LogP contribution in [0.15, 0.2) is 12.3 Å². The summed E-state index contributed by atoms with van der Waals surface area (Å²) in [6.07, 6.45) is 5.93. The molecule has 2 fully saturated rings. The predicted molar refractivity (Wildman–Crippen MR) is 87.8 cm³/mol. The number of aromatic nitrogens is 1. The van der Waals surface area contributed by atoms with Crippen molar-refractivity contribution in [2.24, 2.45) is 0 Å². The lowest BCUT2D eigenvalue weighted by Crippen LogP contribution is -2.51. The van der Waals surface area contributed by atoms with Gasteiger partial charge in [0, 0.05) is 44.5 Å². The number of aryl methyl sites for hydroxylation is 1. The standard InChI is InChI=1S/C17H28N4/c1-4-16-12-21(8-7-20(16)3)17-13(2)9-14(11-19-17)10-18-15-5-6-15/h9,11,15-16,18H,4-8,10,12H2,1-3H3. The van der Waals surface area contributed by atoms with Gasteiger partial charge in [-0.3, -0.25) is 4.90 Å². The maximum absolute atomic E-state index is 4.76. The van der Waals surface area contributed by atoms with Gasteiger partial charge in [0.25, 0.3) is 0 Å². The van der Waals surface area contributed by atoms with Gasteiger partial charge in [-0.2, -0.15) is 0 Å². The van der Waals surface area contributed by atoms with Gasteiger partial charge in [-0.05, 0) is 50.4 Å². The Morgan fingerprint density at radius 2 is 2.14 bits per heavy atom. The van der Waals surface area contributed by atoms with Crippen LogP contribution in [0.4, 0.5) is 5.82 Å². The third kappa shape index (κ3) is 3.55. The summed E-state index contributed by atoms with van der Waals surface area (Å²) in [4.78, 5) is 9.69. The summed E-state index contributed by atoms with van der Waals surface area (Å²) < 4.78 is 0. The van der Waals surface area contributed by atoms with Gasteiger partial charge < -0.3 is 10.2 Å². The van der Waals surface area contributed by atoms with Crippen molar-refractivity contribution in [2.45, 2.75) is 51.7 Å². The molecule has 0 bridgehead atoms. The van der Waals surface area contributed by atoms with Crippen molar-refractivity contribution in [3.05, 3.63) is 23.4 Å². The molecule has 1 unspecified atom stereocenters. The number of nitrogens with zero attached hydrogens (tertiary/aromatic N) is 3. The van der Waals surface area contributed by atoms with Gasteiger partial charge in [-0.15, -0.1) is 0 Å². The highest BCUT2D eigenvalue weighted by Crippen LogP contribution is 2.23. The second kappa shape index (κ2) is 6.32. The van der Waals surface area contributed by atoms with Crippen LogP contribution < -0.4 is 10.2 Å². The number of nitrogens with one attached hydrogen (secondary N) is 1. The number of pyridine rings is 1. The minimum atomic E-state index is 0.649. The van der Waals surface area contributed by atoms with Crippen LogP contribution in [0.25, 0.3) is 0 Å². The first kappa shape index (κ1) is 14.8. The lowest BCUT2D eigenvalue weighted by Gasteiger charge is -2.40. The second-order valence-corrected chi connectivity index (χ2v) is 6.63. The molecule has 21 heavy (non-hydrogen) atoms. The first-order chi connectivity index (χ1) is 10.2. The highest BCUT2D eigenvalue weighted by atomic mass is 15.3. The summed E-state index contributed by atoms with van der Waals surface area (Å²) in [6.45, 7) is 8.74.